The molecule has 1 aromatic heterocycles. The summed E-state index contributed by atoms with van der Waals surface area (Å²) >= 11 is 0. The summed E-state index contributed by atoms with van der Waals surface area (Å²) in [5.74, 6) is -2.67. The minimum absolute atomic E-state index is 0.0269. The molecule has 0 radical (unpaired) electrons. The zero-order chi connectivity index (χ0) is 29.0. The van der Waals surface area contributed by atoms with Crippen molar-refractivity contribution in [2.75, 3.05) is 56.2 Å². The van der Waals surface area contributed by atoms with Gasteiger partial charge in [-0.15, -0.1) is 0 Å². The molecule has 2 fully saturated rings. The molecule has 2 aromatic rings. The fraction of sp³-hybridized carbons (Fsp3) is 0.400. The van der Waals surface area contributed by atoms with Crippen LogP contribution in [0, 0.1) is 11.6 Å². The van der Waals surface area contributed by atoms with Crippen molar-refractivity contribution in [2.24, 2.45) is 0 Å². The van der Waals surface area contributed by atoms with Crippen LogP contribution in [-0.4, -0.2) is 92.6 Å². The molecule has 2 aliphatic heterocycles. The summed E-state index contributed by atoms with van der Waals surface area (Å²) in [7, 11) is 1.19. The molecule has 4 amide bonds. The van der Waals surface area contributed by atoms with Crippen LogP contribution in [0.3, 0.4) is 0 Å². The fourth-order valence-electron chi connectivity index (χ4n) is 4.48. The van der Waals surface area contributed by atoms with Crippen molar-refractivity contribution < 1.29 is 47.4 Å². The van der Waals surface area contributed by atoms with Crippen molar-refractivity contribution in [3.8, 4) is 0 Å². The summed E-state index contributed by atoms with van der Waals surface area (Å²) < 4.78 is 40.5. The van der Waals surface area contributed by atoms with E-state index in [-0.39, 0.29) is 62.1 Å². The summed E-state index contributed by atoms with van der Waals surface area (Å²) in [6, 6.07) is 4.16. The number of halogens is 2. The van der Waals surface area contributed by atoms with E-state index >= 15 is 8.78 Å². The van der Waals surface area contributed by atoms with Crippen molar-refractivity contribution in [1.82, 2.24) is 15.5 Å². The van der Waals surface area contributed by atoms with Gasteiger partial charge in [-0.2, -0.15) is 0 Å². The van der Waals surface area contributed by atoms with E-state index in [1.54, 1.807) is 0 Å². The van der Waals surface area contributed by atoms with E-state index in [0.29, 0.717) is 0 Å². The highest BCUT2D eigenvalue weighted by Crippen LogP contribution is 2.31. The molecule has 0 aliphatic carbocycles. The Labute approximate surface area is 227 Å². The first kappa shape index (κ1) is 28.3. The van der Waals surface area contributed by atoms with Gasteiger partial charge >= 0.3 is 12.2 Å². The monoisotopic (exact) mass is 563 g/mol. The first-order chi connectivity index (χ1) is 19.1. The standard InChI is InChI=1S/C25H28F2N6O7/c1-15(29-22(34)16-4-3-5-32(38)13-16)23(35)31-8-6-30(7-9-31)21-19(26)10-17(11-20(21)27)33-14-18(40-25(33)37)12-28-24(36)39-2/h3-5,10-11,13,15,18H,6-9,12,14H2,1-2H3,(H2-,28,29,34,36,38)/p+1. The number of rotatable bonds is 7. The van der Waals surface area contributed by atoms with Crippen LogP contribution in [-0.2, 0) is 14.3 Å². The minimum atomic E-state index is -0.886. The van der Waals surface area contributed by atoms with E-state index < -0.39 is 41.9 Å². The van der Waals surface area contributed by atoms with Gasteiger partial charge in [0.05, 0.1) is 25.9 Å². The number of cyclic esters (lactones) is 1. The number of nitrogens with one attached hydrogen (secondary N) is 2. The van der Waals surface area contributed by atoms with Gasteiger partial charge in [0.25, 0.3) is 5.91 Å². The van der Waals surface area contributed by atoms with Gasteiger partial charge < -0.3 is 29.9 Å². The van der Waals surface area contributed by atoms with Crippen molar-refractivity contribution in [2.45, 2.75) is 19.1 Å². The Morgan fingerprint density at radius 3 is 2.50 bits per heavy atom. The highest BCUT2D eigenvalue weighted by atomic mass is 19.1. The molecule has 40 heavy (non-hydrogen) atoms. The Bertz CT molecular complexity index is 1280. The Kier molecular flexibility index (Phi) is 8.50. The highest BCUT2D eigenvalue weighted by molar-refractivity contribution is 5.97. The van der Waals surface area contributed by atoms with Crippen LogP contribution in [0.1, 0.15) is 17.3 Å². The van der Waals surface area contributed by atoms with E-state index in [0.717, 1.165) is 21.8 Å². The maximum atomic E-state index is 15.1. The zero-order valence-electron chi connectivity index (χ0n) is 21.8. The third-order valence-electron chi connectivity index (χ3n) is 6.52. The summed E-state index contributed by atoms with van der Waals surface area (Å²) in [5.41, 5.74) is -0.151. The smallest absolute Gasteiger partial charge is 0.414 e. The summed E-state index contributed by atoms with van der Waals surface area (Å²) in [5, 5.41) is 14.4. The van der Waals surface area contributed by atoms with Gasteiger partial charge in [-0.1, -0.05) is 0 Å². The van der Waals surface area contributed by atoms with Crippen LogP contribution < -0.4 is 25.2 Å². The third kappa shape index (κ3) is 6.30. The molecule has 0 spiro atoms. The van der Waals surface area contributed by atoms with Gasteiger partial charge in [0.15, 0.2) is 11.6 Å². The number of hydrogen-bond donors (Lipinski definition) is 3. The summed E-state index contributed by atoms with van der Waals surface area (Å²) in [6.45, 7) is 2.06. The molecule has 0 saturated carbocycles. The molecule has 4 rings (SSSR count). The maximum absolute atomic E-state index is 15.1. The second kappa shape index (κ2) is 12.0. The van der Waals surface area contributed by atoms with Crippen LogP contribution in [0.2, 0.25) is 0 Å². The minimum Gasteiger partial charge on any atom is -0.453 e. The lowest BCUT2D eigenvalue weighted by Gasteiger charge is -2.37. The molecule has 214 valence electrons. The molecule has 13 nitrogen and oxygen atoms in total. The number of methoxy groups -OCH3 is 1. The number of ether oxygens (including phenoxy) is 2. The molecular weight excluding hydrogens is 534 g/mol. The number of piperazine rings is 1. The van der Waals surface area contributed by atoms with E-state index in [1.807, 2.05) is 0 Å². The first-order valence-electron chi connectivity index (χ1n) is 12.4. The van der Waals surface area contributed by atoms with Crippen LogP contribution in [0.25, 0.3) is 0 Å². The number of benzene rings is 1. The van der Waals surface area contributed by atoms with Gasteiger partial charge in [-0.25, -0.2) is 18.4 Å². The molecule has 3 heterocycles. The molecule has 15 heteroatoms. The zero-order valence-corrected chi connectivity index (χ0v) is 21.8. The van der Waals surface area contributed by atoms with Gasteiger partial charge in [0, 0.05) is 49.1 Å². The molecule has 1 aromatic carbocycles. The van der Waals surface area contributed by atoms with Crippen molar-refractivity contribution >= 4 is 35.4 Å². The Morgan fingerprint density at radius 1 is 1.20 bits per heavy atom. The summed E-state index contributed by atoms with van der Waals surface area (Å²) in [6.07, 6.45) is 0.304. The lowest BCUT2D eigenvalue weighted by Crippen LogP contribution is -2.54. The van der Waals surface area contributed by atoms with Crippen molar-refractivity contribution in [1.29, 1.82) is 0 Å². The number of aromatic nitrogens is 1. The van der Waals surface area contributed by atoms with Gasteiger partial charge in [0.1, 0.15) is 23.4 Å². The Hall–Kier alpha value is -4.69. The number of amides is 4. The molecule has 3 N–H and O–H groups in total. The lowest BCUT2D eigenvalue weighted by molar-refractivity contribution is -0.904. The van der Waals surface area contributed by atoms with Gasteiger partial charge in [-0.05, 0) is 13.0 Å². The average molecular weight is 564 g/mol. The molecule has 0 bridgehead atoms. The molecular formula is C25H29F2N6O7+. The number of anilines is 2. The number of nitrogens with zero attached hydrogens (tertiary/aromatic N) is 4. The number of alkyl carbamates (subject to hydrolysis) is 1. The quantitative estimate of drug-likeness (QED) is 0.329. The average Bonchev–Trinajstić information content (AvgIpc) is 3.31. The number of pyridine rings is 1. The van der Waals surface area contributed by atoms with E-state index in [2.05, 4.69) is 15.4 Å². The molecule has 2 aliphatic rings. The molecule has 2 unspecified atom stereocenters. The van der Waals surface area contributed by atoms with Gasteiger partial charge in [-0.3, -0.25) is 19.7 Å². The number of carbonyl (C=O) groups excluding carboxylic acids is 4. The van der Waals surface area contributed by atoms with Crippen molar-refractivity contribution in [3.63, 3.8) is 0 Å². The van der Waals surface area contributed by atoms with Crippen LogP contribution in [0.15, 0.2) is 36.7 Å². The van der Waals surface area contributed by atoms with Crippen molar-refractivity contribution in [3.05, 3.63) is 53.9 Å². The largest absolute Gasteiger partial charge is 0.453 e. The van der Waals surface area contributed by atoms with Gasteiger partial charge in [0.2, 0.25) is 18.3 Å². The predicted molar refractivity (Wildman–Crippen MR) is 134 cm³/mol. The topological polar surface area (TPSA) is 145 Å². The van der Waals surface area contributed by atoms with Crippen LogP contribution in [0.5, 0.6) is 0 Å². The SMILES string of the molecule is COC(=O)NCC1CN(c2cc(F)c(N3CCN(C(=O)C(C)NC(=O)c4ccc[n+](O)c4)CC3)c(F)c2)C(=O)O1. The molecule has 2 atom stereocenters. The highest BCUT2D eigenvalue weighted by Gasteiger charge is 2.35. The van der Waals surface area contributed by atoms with E-state index in [4.69, 9.17) is 4.74 Å². The molecule has 2 saturated heterocycles. The van der Waals surface area contributed by atoms with E-state index in [1.165, 1.54) is 48.4 Å². The number of hydrogen-bond acceptors (Lipinski definition) is 8. The first-order valence-corrected chi connectivity index (χ1v) is 12.4. The second-order valence-electron chi connectivity index (χ2n) is 9.23. The van der Waals surface area contributed by atoms with Crippen LogP contribution >= 0.6 is 0 Å². The third-order valence-corrected chi connectivity index (χ3v) is 6.52. The normalized spacial score (nSPS) is 17.8. The Balaban J connectivity index is 1.34. The fourth-order valence-corrected chi connectivity index (χ4v) is 4.48. The number of carbonyl (C=O) groups is 4. The predicted octanol–water partition coefficient (Wildman–Crippen LogP) is 0.638. The second-order valence-corrected chi connectivity index (χ2v) is 9.23. The summed E-state index contributed by atoms with van der Waals surface area (Å²) in [4.78, 5) is 52.8. The Morgan fingerprint density at radius 2 is 1.88 bits per heavy atom. The lowest BCUT2D eigenvalue weighted by atomic mass is 10.1. The maximum Gasteiger partial charge on any atom is 0.414 e. The van der Waals surface area contributed by atoms with Crippen LogP contribution in [0.4, 0.5) is 29.7 Å². The van der Waals surface area contributed by atoms with E-state index in [9.17, 15) is 24.4 Å².